The fraction of sp³-hybridized carbons (Fsp3) is 0.556. The summed E-state index contributed by atoms with van der Waals surface area (Å²) in [5.74, 6) is 1.41. The Labute approximate surface area is 147 Å². The Balaban J connectivity index is 1.88. The van der Waals surface area contributed by atoms with Crippen molar-refractivity contribution in [3.05, 3.63) is 35.6 Å². The Hall–Kier alpha value is -2.44. The third-order valence-corrected chi connectivity index (χ3v) is 4.47. The fourth-order valence-corrected chi connectivity index (χ4v) is 3.15. The predicted octanol–water partition coefficient (Wildman–Crippen LogP) is 3.19. The van der Waals surface area contributed by atoms with Crippen LogP contribution in [0.5, 0.6) is 5.88 Å². The predicted molar refractivity (Wildman–Crippen MR) is 91.4 cm³/mol. The van der Waals surface area contributed by atoms with Crippen molar-refractivity contribution in [2.75, 3.05) is 6.61 Å². The van der Waals surface area contributed by atoms with E-state index in [0.717, 1.165) is 25.7 Å². The summed E-state index contributed by atoms with van der Waals surface area (Å²) >= 11 is 0. The molecule has 2 aromatic rings. The molecule has 0 unspecified atom stereocenters. The molecule has 0 bridgehead atoms. The average Bonchev–Trinajstić information content (AvgIpc) is 3.25. The fourth-order valence-electron chi connectivity index (χ4n) is 3.15. The summed E-state index contributed by atoms with van der Waals surface area (Å²) in [6, 6.07) is 3.44. The van der Waals surface area contributed by atoms with Crippen molar-refractivity contribution in [1.29, 1.82) is 0 Å². The van der Waals surface area contributed by atoms with Crippen LogP contribution < -0.4 is 10.1 Å². The first-order valence-electron chi connectivity index (χ1n) is 8.80. The molecule has 0 aliphatic heterocycles. The minimum atomic E-state index is -0.590. The van der Waals surface area contributed by atoms with Gasteiger partial charge in [0.05, 0.1) is 6.61 Å². The van der Waals surface area contributed by atoms with E-state index in [2.05, 4.69) is 20.4 Å². The number of nitrogens with zero attached hydrogens (tertiary/aromatic N) is 3. The van der Waals surface area contributed by atoms with Crippen LogP contribution in [-0.2, 0) is 5.54 Å². The first kappa shape index (κ1) is 17.4. The highest BCUT2D eigenvalue weighted by Gasteiger charge is 2.42. The Morgan fingerprint density at radius 2 is 2.16 bits per heavy atom. The molecule has 0 saturated heterocycles. The van der Waals surface area contributed by atoms with Crippen LogP contribution in [0.3, 0.4) is 0 Å². The minimum Gasteiger partial charge on any atom is -0.477 e. The lowest BCUT2D eigenvalue weighted by molar-refractivity contribution is 0.0887. The summed E-state index contributed by atoms with van der Waals surface area (Å²) in [7, 11) is 0. The van der Waals surface area contributed by atoms with Gasteiger partial charge in [0, 0.05) is 12.1 Å². The molecule has 0 aromatic carbocycles. The molecule has 2 aromatic heterocycles. The van der Waals surface area contributed by atoms with Gasteiger partial charge in [0.15, 0.2) is 5.82 Å². The second-order valence-corrected chi connectivity index (χ2v) is 6.64. The van der Waals surface area contributed by atoms with Crippen molar-refractivity contribution in [3.8, 4) is 5.88 Å². The molecule has 7 heteroatoms. The molecular weight excluding hydrogens is 320 g/mol. The van der Waals surface area contributed by atoms with Crippen LogP contribution in [-0.4, -0.2) is 27.6 Å². The summed E-state index contributed by atoms with van der Waals surface area (Å²) in [5.41, 5.74) is -0.171. The number of carbonyl (C=O) groups excluding carboxylic acids is 1. The van der Waals surface area contributed by atoms with Crippen molar-refractivity contribution in [3.63, 3.8) is 0 Å². The number of rotatable bonds is 6. The van der Waals surface area contributed by atoms with Gasteiger partial charge in [-0.2, -0.15) is 4.98 Å². The number of nitrogens with one attached hydrogen (secondary N) is 1. The second-order valence-electron chi connectivity index (χ2n) is 6.64. The minimum absolute atomic E-state index is 0.151. The van der Waals surface area contributed by atoms with Crippen LogP contribution >= 0.6 is 0 Å². The van der Waals surface area contributed by atoms with Gasteiger partial charge < -0.3 is 14.6 Å². The molecule has 3 rings (SSSR count). The standard InChI is InChI=1S/C18H24N4O3/c1-4-24-16-13(8-7-11-19-16)14(23)21-18(9-5-6-10-18)17-20-15(12(2)3)25-22-17/h7-8,11-12H,4-6,9-10H2,1-3H3,(H,21,23). The van der Waals surface area contributed by atoms with Gasteiger partial charge in [0.25, 0.3) is 5.91 Å². The van der Waals surface area contributed by atoms with E-state index in [1.807, 2.05) is 20.8 Å². The number of ether oxygens (including phenoxy) is 1. The lowest BCUT2D eigenvalue weighted by Gasteiger charge is -2.27. The first-order chi connectivity index (χ1) is 12.1. The summed E-state index contributed by atoms with van der Waals surface area (Å²) in [5, 5.41) is 7.28. The highest BCUT2D eigenvalue weighted by molar-refractivity contribution is 5.96. The van der Waals surface area contributed by atoms with Crippen LogP contribution in [0.1, 0.15) is 74.4 Å². The van der Waals surface area contributed by atoms with E-state index in [9.17, 15) is 4.79 Å². The second kappa shape index (κ2) is 7.21. The third kappa shape index (κ3) is 3.50. The van der Waals surface area contributed by atoms with E-state index in [0.29, 0.717) is 29.8 Å². The van der Waals surface area contributed by atoms with Crippen molar-refractivity contribution in [1.82, 2.24) is 20.4 Å². The van der Waals surface area contributed by atoms with Gasteiger partial charge in [-0.1, -0.05) is 31.8 Å². The van der Waals surface area contributed by atoms with Gasteiger partial charge in [0.1, 0.15) is 11.1 Å². The lowest BCUT2D eigenvalue weighted by atomic mass is 9.96. The summed E-state index contributed by atoms with van der Waals surface area (Å²) < 4.78 is 10.8. The third-order valence-electron chi connectivity index (χ3n) is 4.47. The van der Waals surface area contributed by atoms with Crippen LogP contribution in [0, 0.1) is 0 Å². The SMILES string of the molecule is CCOc1ncccc1C(=O)NC1(c2noc(C(C)C)n2)CCCC1. The van der Waals surface area contributed by atoms with Gasteiger partial charge in [-0.05, 0) is 31.9 Å². The lowest BCUT2D eigenvalue weighted by Crippen LogP contribution is -2.44. The number of hydrogen-bond acceptors (Lipinski definition) is 6. The van der Waals surface area contributed by atoms with E-state index in [1.165, 1.54) is 0 Å². The maximum absolute atomic E-state index is 12.9. The van der Waals surface area contributed by atoms with Crippen LogP contribution in [0.15, 0.2) is 22.9 Å². The van der Waals surface area contributed by atoms with Gasteiger partial charge in [-0.3, -0.25) is 4.79 Å². The number of aromatic nitrogens is 3. The molecule has 1 fully saturated rings. The van der Waals surface area contributed by atoms with Crippen molar-refractivity contribution in [2.24, 2.45) is 0 Å². The summed E-state index contributed by atoms with van der Waals surface area (Å²) in [6.07, 6.45) is 5.22. The highest BCUT2D eigenvalue weighted by atomic mass is 16.5. The Morgan fingerprint density at radius 3 is 2.80 bits per heavy atom. The van der Waals surface area contributed by atoms with Crippen LogP contribution in [0.2, 0.25) is 0 Å². The van der Waals surface area contributed by atoms with E-state index in [4.69, 9.17) is 9.26 Å². The molecule has 1 aliphatic carbocycles. The van der Waals surface area contributed by atoms with Gasteiger partial charge in [0.2, 0.25) is 11.8 Å². The number of amides is 1. The number of pyridine rings is 1. The van der Waals surface area contributed by atoms with E-state index in [1.54, 1.807) is 18.3 Å². The van der Waals surface area contributed by atoms with Gasteiger partial charge in [-0.25, -0.2) is 4.98 Å². The monoisotopic (exact) mass is 344 g/mol. The number of carbonyl (C=O) groups is 1. The maximum Gasteiger partial charge on any atom is 0.257 e. The molecule has 0 spiro atoms. The summed E-state index contributed by atoms with van der Waals surface area (Å²) in [6.45, 7) is 6.31. The molecule has 7 nitrogen and oxygen atoms in total. The average molecular weight is 344 g/mol. The van der Waals surface area contributed by atoms with Gasteiger partial charge in [-0.15, -0.1) is 0 Å². The Kier molecular flexibility index (Phi) is 5.01. The molecular formula is C18H24N4O3. The molecule has 25 heavy (non-hydrogen) atoms. The van der Waals surface area contributed by atoms with Crippen molar-refractivity contribution in [2.45, 2.75) is 57.9 Å². The molecule has 1 N–H and O–H groups in total. The smallest absolute Gasteiger partial charge is 0.257 e. The molecule has 1 saturated carbocycles. The Bertz CT molecular complexity index is 735. The van der Waals surface area contributed by atoms with Crippen LogP contribution in [0.4, 0.5) is 0 Å². The maximum atomic E-state index is 12.9. The molecule has 0 radical (unpaired) electrons. The molecule has 1 amide bonds. The van der Waals surface area contributed by atoms with E-state index in [-0.39, 0.29) is 11.8 Å². The largest absolute Gasteiger partial charge is 0.477 e. The molecule has 1 aliphatic rings. The quantitative estimate of drug-likeness (QED) is 0.865. The molecule has 0 atom stereocenters. The normalized spacial score (nSPS) is 16.2. The van der Waals surface area contributed by atoms with Crippen LogP contribution in [0.25, 0.3) is 0 Å². The topological polar surface area (TPSA) is 90.1 Å². The first-order valence-corrected chi connectivity index (χ1v) is 8.80. The van der Waals surface area contributed by atoms with E-state index < -0.39 is 5.54 Å². The van der Waals surface area contributed by atoms with Crippen molar-refractivity contribution >= 4 is 5.91 Å². The zero-order chi connectivity index (χ0) is 17.9. The summed E-state index contributed by atoms with van der Waals surface area (Å²) in [4.78, 5) is 21.6. The Morgan fingerprint density at radius 1 is 1.40 bits per heavy atom. The zero-order valence-electron chi connectivity index (χ0n) is 14.9. The number of hydrogen-bond donors (Lipinski definition) is 1. The zero-order valence-corrected chi connectivity index (χ0v) is 14.9. The highest BCUT2D eigenvalue weighted by Crippen LogP contribution is 2.38. The van der Waals surface area contributed by atoms with Gasteiger partial charge >= 0.3 is 0 Å². The molecule has 134 valence electrons. The van der Waals surface area contributed by atoms with E-state index >= 15 is 0 Å². The van der Waals surface area contributed by atoms with Crippen molar-refractivity contribution < 1.29 is 14.1 Å². The molecule has 2 heterocycles.